The molecule has 2 saturated heterocycles. The molecule has 0 aliphatic carbocycles. The van der Waals surface area contributed by atoms with Crippen LogP contribution in [0.15, 0.2) is 188 Å². The molecular weight excluding hydrogens is 1990 g/mol. The molecule has 10 aliphatic rings. The minimum absolute atomic E-state index is 0.0728. The van der Waals surface area contributed by atoms with Crippen molar-refractivity contribution < 1.29 is 46.8 Å². The first kappa shape index (κ1) is 93.3. The lowest BCUT2D eigenvalue weighted by atomic mass is 9.99. The Morgan fingerprint density at radius 1 is 0.392 bits per heavy atom. The number of thiophene rings is 4. The zero-order valence-electron chi connectivity index (χ0n) is 77.9. The molecule has 7 atom stereocenters. The van der Waals surface area contributed by atoms with Crippen LogP contribution in [-0.2, 0) is 80.6 Å². The van der Waals surface area contributed by atoms with Crippen LogP contribution in [0.1, 0.15) is 116 Å². The van der Waals surface area contributed by atoms with E-state index in [1.807, 2.05) is 154 Å². The van der Waals surface area contributed by atoms with Gasteiger partial charge in [-0.1, -0.05) is 73.5 Å². The number of hydrogen-bond acceptors (Lipinski definition) is 29. The number of ether oxygens (including phenoxy) is 5. The molecule has 143 heavy (non-hydrogen) atoms. The number of halogens is 5. The smallest absolute Gasteiger partial charge is 0.264 e. The molecule has 0 radical (unpaired) electrons. The van der Waals surface area contributed by atoms with E-state index in [0.717, 1.165) is 320 Å². The van der Waals surface area contributed by atoms with Crippen LogP contribution in [0, 0.1) is 0 Å². The number of fused-ring (bicyclic) bond motifs is 13. The zero-order chi connectivity index (χ0) is 96.9. The molecule has 7 unspecified atom stereocenters. The lowest BCUT2D eigenvalue weighted by Crippen LogP contribution is -2.51. The van der Waals surface area contributed by atoms with Crippen molar-refractivity contribution in [3.8, 4) is 84.6 Å². The Morgan fingerprint density at radius 2 is 0.776 bits per heavy atom. The minimum atomic E-state index is -0.487. The molecule has 28 nitrogen and oxygen atoms in total. The quantitative estimate of drug-likeness (QED) is 0.102. The Bertz CT molecular complexity index is 7540. The van der Waals surface area contributed by atoms with Crippen LogP contribution in [0.5, 0.6) is 28.7 Å². The highest BCUT2D eigenvalue weighted by Crippen LogP contribution is 2.54. The number of aromatic nitrogens is 11. The number of hydrogen-bond donors (Lipinski definition) is 3. The van der Waals surface area contributed by atoms with Crippen LogP contribution in [0.3, 0.4) is 0 Å². The molecule has 5 aromatic carbocycles. The second-order valence-electron chi connectivity index (χ2n) is 37.5. The Morgan fingerprint density at radius 3 is 1.22 bits per heavy atom. The van der Waals surface area contributed by atoms with Crippen LogP contribution in [-0.4, -0.2) is 185 Å². The highest BCUT2D eigenvalue weighted by Gasteiger charge is 2.43. The molecule has 18 aromatic rings. The maximum atomic E-state index is 13.3. The highest BCUT2D eigenvalue weighted by molar-refractivity contribution is 7.18. The summed E-state index contributed by atoms with van der Waals surface area (Å²) in [5.41, 5.74) is 25.9. The normalized spacial score (nSPS) is 19.3. The summed E-state index contributed by atoms with van der Waals surface area (Å²) < 4.78 is 55.1. The Labute approximate surface area is 861 Å². The van der Waals surface area contributed by atoms with Crippen molar-refractivity contribution in [2.75, 3.05) is 74.0 Å². The zero-order valence-corrected chi connectivity index (χ0v) is 85.0. The number of pyridine rings is 3. The Balaban J connectivity index is 0.0000000964. The lowest BCUT2D eigenvalue weighted by Gasteiger charge is -2.37. The summed E-state index contributed by atoms with van der Waals surface area (Å²) in [5, 5.41) is 38.8. The number of piperidine rings is 1. The van der Waals surface area contributed by atoms with Gasteiger partial charge in [0.2, 0.25) is 0 Å². The number of rotatable bonds is 12. The van der Waals surface area contributed by atoms with Gasteiger partial charge in [-0.3, -0.25) is 24.5 Å². The van der Waals surface area contributed by atoms with Gasteiger partial charge in [0.25, 0.3) is 11.8 Å². The molecule has 726 valence electrons. The third-order valence-electron chi connectivity index (χ3n) is 28.2. The molecule has 0 bridgehead atoms. The molecule has 13 aromatic heterocycles. The largest absolute Gasteiger partial charge is 0.481 e. The summed E-state index contributed by atoms with van der Waals surface area (Å²) in [5.74, 6) is 6.66. The van der Waals surface area contributed by atoms with E-state index in [0.29, 0.717) is 62.9 Å². The average Bonchev–Trinajstić information content (AvgIpc) is 1.63. The Hall–Kier alpha value is -12.1. The first-order valence-corrected chi connectivity index (χ1v) is 53.1. The van der Waals surface area contributed by atoms with E-state index in [9.17, 15) is 9.59 Å². The molecule has 28 rings (SSSR count). The van der Waals surface area contributed by atoms with Gasteiger partial charge in [-0.25, -0.2) is 19.5 Å². The number of nitrogens with one attached hydrogen (secondary N) is 3. The molecule has 0 saturated carbocycles. The van der Waals surface area contributed by atoms with Crippen LogP contribution in [0.25, 0.3) is 102 Å². The maximum Gasteiger partial charge on any atom is 0.264 e. The fourth-order valence-electron chi connectivity index (χ4n) is 21.2. The maximum absolute atomic E-state index is 13.3. The Kier molecular flexibility index (Phi) is 25.7. The fourth-order valence-corrected chi connectivity index (χ4v) is 25.9. The molecular formula is C106H93Cl5N18O10S4. The number of nitrogens with zero attached hydrogens (tertiary/aromatic N) is 15. The average molecular weight is 2080 g/mol. The second-order valence-corrected chi connectivity index (χ2v) is 43.3. The molecule has 2 amide bonds. The van der Waals surface area contributed by atoms with Crippen LogP contribution < -0.4 is 39.6 Å². The van der Waals surface area contributed by atoms with Crippen molar-refractivity contribution >= 4 is 162 Å². The summed E-state index contributed by atoms with van der Waals surface area (Å²) in [4.78, 5) is 61.3. The van der Waals surface area contributed by atoms with Gasteiger partial charge in [-0.05, 0) is 178 Å². The lowest BCUT2D eigenvalue weighted by molar-refractivity contribution is -0.140. The number of carbonyl (C=O) groups is 2. The summed E-state index contributed by atoms with van der Waals surface area (Å²) in [7, 11) is 8.29. The van der Waals surface area contributed by atoms with Crippen molar-refractivity contribution in [3.63, 3.8) is 0 Å². The SMILES string of the molecule is CN(C)C1CCCN(C(=O)C2Cc3cc(Cl)cc(-c4ccnc5ccsc45)c3O2)C1.CN(C)C1CCN(C(=O)C2Cc3cc(Cl)cc(-c4ccnc5ccsc45)c3O2)C1.Clc1cc2c(c(-c3ccnc4ccnn34)c1)OC(c1onc3c1CNCC3)C2.Clc1cc2c(c(-c3ccnc4ccsc34)c1)OC(c1onc3c1CNCC3)C2.Clc1cc2c(c(-c3ncnc4ccsc34)c1)OC(c1onc3c1CNCC3)C2. The number of carbonyl (C=O) groups excluding carboxylic acids is 2. The van der Waals surface area contributed by atoms with E-state index in [-0.39, 0.29) is 30.1 Å². The minimum Gasteiger partial charge on any atom is -0.481 e. The second kappa shape index (κ2) is 39.5. The van der Waals surface area contributed by atoms with Crippen molar-refractivity contribution in [2.45, 2.75) is 133 Å². The topological polar surface area (TPSA) is 302 Å². The molecule has 23 heterocycles. The standard InChI is InChI=1S/C23H24ClN3O2S.C22H22ClN3O2S.C21H16ClN3O2S.C20H16ClN5O2.C20H15ClN4O2S/c1-26(2)16-4-3-8-27(13-16)23(28)20-11-14-10-15(24)12-18(21(14)29-20)17-5-7-25-19-6-9-30-22(17)19;1-25(2)15-4-7-26(12-15)22(27)19-10-13-9-14(23)11-17(20(13)28-19)16-3-6-24-18-5-8-29-21(16)18;22-12-7-11-8-18(20-15-10-23-4-2-16(15)25-27-20)26-19(11)14(9-12)13-1-5-24-17-3-6-28-21(13)17;21-12-7-11-8-17(20-14-10-22-4-1-15(14)25-28-20)27-19(11)13(9-12)16-2-5-23-18-3-6-24-26(16)18;21-11-5-10-6-16(19-13-8-22-3-1-14(13)25-27-19)26-18(10)12(7-11)17-20-15(2-4-28-20)23-9-24-17/h5-7,9-10,12,16,20H,3-4,8,11,13H2,1-2H3;3,5-6,8-9,11,15,19H,4,7,10,12H2,1-2H3;1,3,5-7,9,18,23H,2,4,8,10H2;2-3,5-7,9,17,22H,1,4,8,10H2;2,4-5,7,9,16,22H,1,3,6,8H2. The van der Waals surface area contributed by atoms with Gasteiger partial charge in [0.1, 0.15) is 35.1 Å². The molecule has 37 heteroatoms. The van der Waals surface area contributed by atoms with E-state index in [4.69, 9.17) is 95.3 Å². The monoisotopic (exact) mass is 2080 g/mol. The van der Waals surface area contributed by atoms with Crippen molar-refractivity contribution in [1.29, 1.82) is 0 Å². The molecule has 0 spiro atoms. The van der Waals surface area contributed by atoms with Gasteiger partial charge in [-0.15, -0.1) is 45.3 Å². The van der Waals surface area contributed by atoms with Gasteiger partial charge in [-0.2, -0.15) is 5.10 Å². The van der Waals surface area contributed by atoms with E-state index in [2.05, 4.69) is 110 Å². The summed E-state index contributed by atoms with van der Waals surface area (Å²) in [6.07, 6.45) is 18.0. The fraction of sp³-hybridized carbons (Fsp3) is 0.302. The number of likely N-dealkylation sites (tertiary alicyclic amines) is 2. The van der Waals surface area contributed by atoms with Gasteiger partial charge in [0.05, 0.1) is 75.5 Å². The highest BCUT2D eigenvalue weighted by atomic mass is 35.5. The third kappa shape index (κ3) is 18.1. The number of benzene rings is 5. The van der Waals surface area contributed by atoms with Crippen molar-refractivity contribution in [3.05, 3.63) is 278 Å². The number of amides is 2. The molecule has 2 fully saturated rings. The van der Waals surface area contributed by atoms with Crippen molar-refractivity contribution in [2.24, 2.45) is 0 Å². The van der Waals surface area contributed by atoms with E-state index in [1.54, 1.807) is 74.8 Å². The van der Waals surface area contributed by atoms with Gasteiger partial charge in [0.15, 0.2) is 53.4 Å². The number of likely N-dealkylation sites (N-methyl/N-ethyl adjacent to an activating group) is 2. The predicted octanol–water partition coefficient (Wildman–Crippen LogP) is 21.2. The summed E-state index contributed by atoms with van der Waals surface area (Å²) >= 11 is 38.9. The van der Waals surface area contributed by atoms with Crippen LogP contribution in [0.4, 0.5) is 0 Å². The summed E-state index contributed by atoms with van der Waals surface area (Å²) in [6.45, 7) is 8.18. The first-order valence-electron chi connectivity index (χ1n) is 47.7. The van der Waals surface area contributed by atoms with Gasteiger partial charge in [0, 0.05) is 274 Å². The summed E-state index contributed by atoms with van der Waals surface area (Å²) in [6, 6.07) is 38.1. The molecule has 3 N–H and O–H groups in total. The molecule has 10 aliphatic heterocycles. The van der Waals surface area contributed by atoms with Gasteiger partial charge >= 0.3 is 0 Å². The van der Waals surface area contributed by atoms with E-state index >= 15 is 0 Å². The first-order chi connectivity index (χ1) is 69.8. The predicted molar refractivity (Wildman–Crippen MR) is 557 cm³/mol. The van der Waals surface area contributed by atoms with Crippen LogP contribution >= 0.6 is 103 Å². The van der Waals surface area contributed by atoms with Crippen LogP contribution in [0.2, 0.25) is 25.1 Å². The van der Waals surface area contributed by atoms with E-state index in [1.165, 1.54) is 0 Å². The third-order valence-corrected chi connectivity index (χ3v) is 33.1. The van der Waals surface area contributed by atoms with Crippen molar-refractivity contribution in [1.82, 2.24) is 90.5 Å². The van der Waals surface area contributed by atoms with E-state index < -0.39 is 12.2 Å². The van der Waals surface area contributed by atoms with Gasteiger partial charge < -0.3 is 72.8 Å².